The number of rotatable bonds is 5. The second-order valence-electron chi connectivity index (χ2n) is 4.80. The van der Waals surface area contributed by atoms with Gasteiger partial charge in [-0.15, -0.1) is 11.8 Å². The smallest absolute Gasteiger partial charge is 0.177 e. The number of hydrogen-bond acceptors (Lipinski definition) is 3. The minimum atomic E-state index is 0.0502. The van der Waals surface area contributed by atoms with Crippen LogP contribution in [0.2, 0.25) is 5.02 Å². The summed E-state index contributed by atoms with van der Waals surface area (Å²) in [5.41, 5.74) is 2.68. The summed E-state index contributed by atoms with van der Waals surface area (Å²) in [6.45, 7) is 3.92. The van der Waals surface area contributed by atoms with E-state index >= 15 is 0 Å². The van der Waals surface area contributed by atoms with E-state index in [-0.39, 0.29) is 5.78 Å². The first-order chi connectivity index (χ1) is 10.0. The van der Waals surface area contributed by atoms with Crippen molar-refractivity contribution in [3.63, 3.8) is 0 Å². The van der Waals surface area contributed by atoms with Crippen molar-refractivity contribution in [1.82, 2.24) is 0 Å². The Hall–Kier alpha value is -1.45. The molecule has 0 saturated heterocycles. The van der Waals surface area contributed by atoms with Crippen molar-refractivity contribution in [3.8, 4) is 5.75 Å². The third-order valence-corrected chi connectivity index (χ3v) is 4.65. The average molecular weight is 321 g/mol. The molecule has 0 aliphatic rings. The Bertz CT molecular complexity index is 668. The summed E-state index contributed by atoms with van der Waals surface area (Å²) >= 11 is 7.55. The number of ether oxygens (including phenoxy) is 1. The maximum atomic E-state index is 12.5. The van der Waals surface area contributed by atoms with Gasteiger partial charge < -0.3 is 4.74 Å². The van der Waals surface area contributed by atoms with Gasteiger partial charge in [-0.25, -0.2) is 0 Å². The molecule has 110 valence electrons. The van der Waals surface area contributed by atoms with Crippen LogP contribution in [0.5, 0.6) is 5.75 Å². The molecule has 0 heterocycles. The fraction of sp³-hybridized carbons (Fsp3) is 0.235. The number of aryl methyl sites for hydroxylation is 2. The van der Waals surface area contributed by atoms with Crippen LogP contribution in [0.4, 0.5) is 0 Å². The SMILES string of the molecule is COc1cc(C)cc(C)c1C(=O)CSc1ccccc1Cl. The summed E-state index contributed by atoms with van der Waals surface area (Å²) in [7, 11) is 1.59. The van der Waals surface area contributed by atoms with Crippen LogP contribution in [0.15, 0.2) is 41.3 Å². The lowest BCUT2D eigenvalue weighted by Crippen LogP contribution is -2.08. The second kappa shape index (κ2) is 7.01. The number of methoxy groups -OCH3 is 1. The van der Waals surface area contributed by atoms with E-state index < -0.39 is 0 Å². The molecule has 0 bridgehead atoms. The van der Waals surface area contributed by atoms with E-state index in [1.807, 2.05) is 50.2 Å². The lowest BCUT2D eigenvalue weighted by molar-refractivity contribution is 0.101. The van der Waals surface area contributed by atoms with E-state index in [4.69, 9.17) is 16.3 Å². The molecule has 2 aromatic carbocycles. The molecule has 2 rings (SSSR count). The van der Waals surface area contributed by atoms with Crippen molar-refractivity contribution < 1.29 is 9.53 Å². The van der Waals surface area contributed by atoms with Gasteiger partial charge in [0.15, 0.2) is 5.78 Å². The van der Waals surface area contributed by atoms with E-state index in [1.165, 1.54) is 11.8 Å². The van der Waals surface area contributed by atoms with E-state index in [0.29, 0.717) is 22.1 Å². The van der Waals surface area contributed by atoms with E-state index in [0.717, 1.165) is 16.0 Å². The number of Topliss-reactive ketones (excluding diaryl/α,β-unsaturated/α-hetero) is 1. The van der Waals surface area contributed by atoms with Crippen LogP contribution in [0.1, 0.15) is 21.5 Å². The molecule has 0 unspecified atom stereocenters. The molecule has 0 atom stereocenters. The van der Waals surface area contributed by atoms with Crippen LogP contribution < -0.4 is 4.74 Å². The standard InChI is InChI=1S/C17H17ClO2S/c1-11-8-12(2)17(15(9-11)20-3)14(19)10-21-16-7-5-4-6-13(16)18/h4-9H,10H2,1-3H3. The maximum Gasteiger partial charge on any atom is 0.177 e. The molecule has 2 nitrogen and oxygen atoms in total. The number of carbonyl (C=O) groups excluding carboxylic acids is 1. The van der Waals surface area contributed by atoms with Gasteiger partial charge in [-0.3, -0.25) is 4.79 Å². The largest absolute Gasteiger partial charge is 0.496 e. The summed E-state index contributed by atoms with van der Waals surface area (Å²) in [5.74, 6) is 1.02. The minimum Gasteiger partial charge on any atom is -0.496 e. The van der Waals surface area contributed by atoms with Gasteiger partial charge in [0.2, 0.25) is 0 Å². The quantitative estimate of drug-likeness (QED) is 0.576. The topological polar surface area (TPSA) is 26.3 Å². The summed E-state index contributed by atoms with van der Waals surface area (Å²) < 4.78 is 5.35. The first-order valence-corrected chi connectivity index (χ1v) is 7.95. The molecule has 2 aromatic rings. The molecule has 0 N–H and O–H groups in total. The first-order valence-electron chi connectivity index (χ1n) is 6.58. The summed E-state index contributed by atoms with van der Waals surface area (Å²) in [4.78, 5) is 13.4. The molecule has 4 heteroatoms. The Morgan fingerprint density at radius 2 is 1.95 bits per heavy atom. The van der Waals surface area contributed by atoms with Crippen molar-refractivity contribution in [1.29, 1.82) is 0 Å². The van der Waals surface area contributed by atoms with Crippen molar-refractivity contribution in [2.24, 2.45) is 0 Å². The number of carbonyl (C=O) groups is 1. The molecule has 0 saturated carbocycles. The van der Waals surface area contributed by atoms with Crippen LogP contribution in [0.25, 0.3) is 0 Å². The highest BCUT2D eigenvalue weighted by molar-refractivity contribution is 8.00. The summed E-state index contributed by atoms with van der Waals surface area (Å²) in [6.07, 6.45) is 0. The van der Waals surface area contributed by atoms with Gasteiger partial charge in [0.1, 0.15) is 5.75 Å². The fourth-order valence-electron chi connectivity index (χ4n) is 2.22. The summed E-state index contributed by atoms with van der Waals surface area (Å²) in [5, 5.41) is 0.669. The number of thioether (sulfide) groups is 1. The number of halogens is 1. The van der Waals surface area contributed by atoms with Crippen LogP contribution in [-0.4, -0.2) is 18.6 Å². The van der Waals surface area contributed by atoms with Crippen molar-refractivity contribution >= 4 is 29.1 Å². The molecule has 0 fully saturated rings. The zero-order chi connectivity index (χ0) is 15.4. The highest BCUT2D eigenvalue weighted by Crippen LogP contribution is 2.30. The van der Waals surface area contributed by atoms with Gasteiger partial charge in [0.25, 0.3) is 0 Å². The zero-order valence-corrected chi connectivity index (χ0v) is 13.8. The molecule has 21 heavy (non-hydrogen) atoms. The Balaban J connectivity index is 2.20. The second-order valence-corrected chi connectivity index (χ2v) is 6.23. The Labute approximate surface area is 134 Å². The van der Waals surface area contributed by atoms with Gasteiger partial charge in [0.05, 0.1) is 23.4 Å². The average Bonchev–Trinajstić information content (AvgIpc) is 2.45. The van der Waals surface area contributed by atoms with Gasteiger partial charge in [-0.1, -0.05) is 29.8 Å². The van der Waals surface area contributed by atoms with Gasteiger partial charge in [-0.2, -0.15) is 0 Å². The summed E-state index contributed by atoms with van der Waals surface area (Å²) in [6, 6.07) is 11.4. The van der Waals surface area contributed by atoms with Crippen molar-refractivity contribution in [2.75, 3.05) is 12.9 Å². The lowest BCUT2D eigenvalue weighted by atomic mass is 10.0. The molecule has 0 aromatic heterocycles. The third kappa shape index (κ3) is 3.80. The monoisotopic (exact) mass is 320 g/mol. The normalized spacial score (nSPS) is 10.5. The number of benzene rings is 2. The fourth-order valence-corrected chi connectivity index (χ4v) is 3.34. The predicted molar refractivity (Wildman–Crippen MR) is 89.0 cm³/mol. The van der Waals surface area contributed by atoms with Crippen LogP contribution >= 0.6 is 23.4 Å². The number of hydrogen-bond donors (Lipinski definition) is 0. The molecule has 0 amide bonds. The third-order valence-electron chi connectivity index (χ3n) is 3.14. The van der Waals surface area contributed by atoms with Gasteiger partial charge >= 0.3 is 0 Å². The van der Waals surface area contributed by atoms with E-state index in [1.54, 1.807) is 7.11 Å². The van der Waals surface area contributed by atoms with Crippen LogP contribution in [0, 0.1) is 13.8 Å². The van der Waals surface area contributed by atoms with Gasteiger partial charge in [0, 0.05) is 4.90 Å². The maximum absolute atomic E-state index is 12.5. The molecular formula is C17H17ClO2S. The van der Waals surface area contributed by atoms with Gasteiger partial charge in [-0.05, 0) is 43.2 Å². The van der Waals surface area contributed by atoms with Crippen molar-refractivity contribution in [3.05, 3.63) is 58.1 Å². The first kappa shape index (κ1) is 15.9. The molecule has 0 aliphatic carbocycles. The lowest BCUT2D eigenvalue weighted by Gasteiger charge is -2.12. The molecule has 0 spiro atoms. The highest BCUT2D eigenvalue weighted by atomic mass is 35.5. The van der Waals surface area contributed by atoms with Crippen LogP contribution in [-0.2, 0) is 0 Å². The van der Waals surface area contributed by atoms with Crippen molar-refractivity contribution in [2.45, 2.75) is 18.7 Å². The Morgan fingerprint density at radius 1 is 1.24 bits per heavy atom. The van der Waals surface area contributed by atoms with E-state index in [2.05, 4.69) is 0 Å². The molecule has 0 radical (unpaired) electrons. The Kier molecular flexibility index (Phi) is 5.32. The van der Waals surface area contributed by atoms with E-state index in [9.17, 15) is 4.79 Å². The molecular weight excluding hydrogens is 304 g/mol. The predicted octanol–water partition coefficient (Wildman–Crippen LogP) is 4.94. The highest BCUT2D eigenvalue weighted by Gasteiger charge is 2.16. The van der Waals surface area contributed by atoms with Crippen LogP contribution in [0.3, 0.4) is 0 Å². The number of ketones is 1. The minimum absolute atomic E-state index is 0.0502. The zero-order valence-electron chi connectivity index (χ0n) is 12.3. The molecule has 0 aliphatic heterocycles. The Morgan fingerprint density at radius 3 is 2.62 bits per heavy atom.